The van der Waals surface area contributed by atoms with Gasteiger partial charge in [0.25, 0.3) is 0 Å². The molecule has 0 spiro atoms. The molecular weight excluding hydrogens is 252 g/mol. The average Bonchev–Trinajstić information content (AvgIpc) is 2.48. The predicted molar refractivity (Wildman–Crippen MR) is 81.4 cm³/mol. The molecule has 0 aromatic heterocycles. The molecule has 20 heavy (non-hydrogen) atoms. The summed E-state index contributed by atoms with van der Waals surface area (Å²) >= 11 is 0. The Kier molecular flexibility index (Phi) is 7.04. The molecule has 0 saturated carbocycles. The summed E-state index contributed by atoms with van der Waals surface area (Å²) in [5.41, 5.74) is 1.06. The third kappa shape index (κ3) is 5.22. The molecule has 0 amide bonds. The van der Waals surface area contributed by atoms with E-state index >= 15 is 0 Å². The fourth-order valence-corrected chi connectivity index (χ4v) is 1.72. The SMILES string of the molecule is CCCCc1ccccc1O.COc1ccccc1O. The zero-order chi connectivity index (χ0) is 14.8. The van der Waals surface area contributed by atoms with Gasteiger partial charge in [-0.15, -0.1) is 0 Å². The van der Waals surface area contributed by atoms with Gasteiger partial charge >= 0.3 is 0 Å². The van der Waals surface area contributed by atoms with Crippen molar-refractivity contribution in [2.75, 3.05) is 7.11 Å². The Morgan fingerprint density at radius 2 is 1.50 bits per heavy atom. The van der Waals surface area contributed by atoms with Gasteiger partial charge in [-0.25, -0.2) is 0 Å². The van der Waals surface area contributed by atoms with Crippen molar-refractivity contribution < 1.29 is 14.9 Å². The van der Waals surface area contributed by atoms with Crippen LogP contribution in [0.15, 0.2) is 48.5 Å². The first-order chi connectivity index (χ1) is 9.69. The summed E-state index contributed by atoms with van der Waals surface area (Å²) in [6, 6.07) is 14.4. The van der Waals surface area contributed by atoms with E-state index in [1.165, 1.54) is 13.5 Å². The van der Waals surface area contributed by atoms with E-state index in [1.54, 1.807) is 30.3 Å². The van der Waals surface area contributed by atoms with Crippen molar-refractivity contribution in [2.45, 2.75) is 26.2 Å². The minimum Gasteiger partial charge on any atom is -0.508 e. The third-order valence-electron chi connectivity index (χ3n) is 2.88. The Labute approximate surface area is 120 Å². The standard InChI is InChI=1S/C10H14O.C7H8O2/c1-2-3-6-9-7-4-5-8-10(9)11;1-9-7-5-3-2-4-6(7)8/h4-5,7-8,11H,2-3,6H2,1H3;2-5,8H,1H3. The summed E-state index contributed by atoms with van der Waals surface area (Å²) in [5.74, 6) is 1.12. The van der Waals surface area contributed by atoms with Gasteiger partial charge in [-0.2, -0.15) is 0 Å². The number of unbranched alkanes of at least 4 members (excludes halogenated alkanes) is 1. The zero-order valence-corrected chi connectivity index (χ0v) is 12.0. The molecule has 3 nitrogen and oxygen atoms in total. The maximum absolute atomic E-state index is 9.34. The van der Waals surface area contributed by atoms with E-state index in [9.17, 15) is 5.11 Å². The van der Waals surface area contributed by atoms with Gasteiger partial charge in [0, 0.05) is 0 Å². The van der Waals surface area contributed by atoms with Gasteiger partial charge in [-0.3, -0.25) is 0 Å². The molecule has 0 radical (unpaired) electrons. The smallest absolute Gasteiger partial charge is 0.160 e. The van der Waals surface area contributed by atoms with Crippen molar-refractivity contribution in [3.8, 4) is 17.2 Å². The number of aromatic hydroxyl groups is 2. The molecule has 2 rings (SSSR count). The molecule has 0 atom stereocenters. The summed E-state index contributed by atoms with van der Waals surface area (Å²) in [6.45, 7) is 2.15. The number of ether oxygens (including phenoxy) is 1. The minimum absolute atomic E-state index is 0.181. The number of benzene rings is 2. The highest BCUT2D eigenvalue weighted by Crippen LogP contribution is 2.23. The molecule has 0 bridgehead atoms. The number of para-hydroxylation sites is 3. The van der Waals surface area contributed by atoms with Crippen LogP contribution >= 0.6 is 0 Å². The monoisotopic (exact) mass is 274 g/mol. The van der Waals surface area contributed by atoms with Gasteiger partial charge < -0.3 is 14.9 Å². The summed E-state index contributed by atoms with van der Waals surface area (Å²) in [5, 5.41) is 18.3. The van der Waals surface area contributed by atoms with E-state index in [2.05, 4.69) is 6.92 Å². The predicted octanol–water partition coefficient (Wildman–Crippen LogP) is 4.14. The van der Waals surface area contributed by atoms with Crippen molar-refractivity contribution in [3.05, 3.63) is 54.1 Å². The maximum Gasteiger partial charge on any atom is 0.160 e. The first-order valence-corrected chi connectivity index (χ1v) is 6.77. The van der Waals surface area contributed by atoms with E-state index in [1.807, 2.05) is 18.2 Å². The van der Waals surface area contributed by atoms with Crippen LogP contribution in [0.4, 0.5) is 0 Å². The van der Waals surface area contributed by atoms with Crippen molar-refractivity contribution in [1.82, 2.24) is 0 Å². The van der Waals surface area contributed by atoms with Crippen LogP contribution in [0.25, 0.3) is 0 Å². The van der Waals surface area contributed by atoms with Gasteiger partial charge in [-0.05, 0) is 36.6 Å². The van der Waals surface area contributed by atoms with Gasteiger partial charge in [0.15, 0.2) is 11.5 Å². The van der Waals surface area contributed by atoms with Crippen LogP contribution in [0.2, 0.25) is 0 Å². The molecule has 0 aliphatic heterocycles. The lowest BCUT2D eigenvalue weighted by atomic mass is 10.1. The van der Waals surface area contributed by atoms with Crippen molar-refractivity contribution in [3.63, 3.8) is 0 Å². The zero-order valence-electron chi connectivity index (χ0n) is 12.0. The average molecular weight is 274 g/mol. The molecular formula is C17H22O3. The topological polar surface area (TPSA) is 49.7 Å². The van der Waals surface area contributed by atoms with Crippen molar-refractivity contribution >= 4 is 0 Å². The lowest BCUT2D eigenvalue weighted by molar-refractivity contribution is 0.373. The summed E-state index contributed by atoms with van der Waals surface area (Å²) in [4.78, 5) is 0. The molecule has 2 aromatic carbocycles. The molecule has 0 aliphatic carbocycles. The molecule has 0 saturated heterocycles. The van der Waals surface area contributed by atoms with Crippen molar-refractivity contribution in [1.29, 1.82) is 0 Å². The first-order valence-electron chi connectivity index (χ1n) is 6.77. The maximum atomic E-state index is 9.34. The highest BCUT2D eigenvalue weighted by Gasteiger charge is 1.96. The van der Waals surface area contributed by atoms with Crippen LogP contribution in [0, 0.1) is 0 Å². The normalized spacial score (nSPS) is 9.50. The van der Waals surface area contributed by atoms with E-state index in [0.29, 0.717) is 11.5 Å². The number of phenols is 2. The van der Waals surface area contributed by atoms with Crippen LogP contribution in [0.3, 0.4) is 0 Å². The number of rotatable bonds is 4. The Morgan fingerprint density at radius 1 is 0.900 bits per heavy atom. The highest BCUT2D eigenvalue weighted by atomic mass is 16.5. The quantitative estimate of drug-likeness (QED) is 0.881. The van der Waals surface area contributed by atoms with Gasteiger partial charge in [0.2, 0.25) is 0 Å². The lowest BCUT2D eigenvalue weighted by Gasteiger charge is -2.01. The number of hydrogen-bond acceptors (Lipinski definition) is 3. The Morgan fingerprint density at radius 3 is 2.00 bits per heavy atom. The molecule has 0 heterocycles. The summed E-state index contributed by atoms with van der Waals surface area (Å²) in [6.07, 6.45) is 3.31. The van der Waals surface area contributed by atoms with Gasteiger partial charge in [0.05, 0.1) is 7.11 Å². The second kappa shape index (κ2) is 8.86. The van der Waals surface area contributed by atoms with E-state index in [0.717, 1.165) is 18.4 Å². The summed E-state index contributed by atoms with van der Waals surface area (Å²) < 4.78 is 4.79. The number of phenolic OH excluding ortho intramolecular Hbond substituents is 2. The van der Waals surface area contributed by atoms with E-state index in [4.69, 9.17) is 9.84 Å². The van der Waals surface area contributed by atoms with Gasteiger partial charge in [-0.1, -0.05) is 43.7 Å². The van der Waals surface area contributed by atoms with Crippen LogP contribution in [0.1, 0.15) is 25.3 Å². The van der Waals surface area contributed by atoms with E-state index in [-0.39, 0.29) is 5.75 Å². The molecule has 2 N–H and O–H groups in total. The third-order valence-corrected chi connectivity index (χ3v) is 2.88. The van der Waals surface area contributed by atoms with Crippen LogP contribution in [-0.4, -0.2) is 17.3 Å². The van der Waals surface area contributed by atoms with Crippen LogP contribution < -0.4 is 4.74 Å². The molecule has 2 aromatic rings. The number of aryl methyl sites for hydroxylation is 1. The molecule has 0 aliphatic rings. The van der Waals surface area contributed by atoms with E-state index < -0.39 is 0 Å². The molecule has 3 heteroatoms. The number of methoxy groups -OCH3 is 1. The second-order valence-electron chi connectivity index (χ2n) is 4.40. The highest BCUT2D eigenvalue weighted by molar-refractivity contribution is 5.37. The Balaban J connectivity index is 0.000000204. The van der Waals surface area contributed by atoms with Gasteiger partial charge in [0.1, 0.15) is 5.75 Å². The first kappa shape index (κ1) is 15.9. The summed E-state index contributed by atoms with van der Waals surface area (Å²) in [7, 11) is 1.52. The Bertz CT molecular complexity index is 509. The Hall–Kier alpha value is -2.16. The minimum atomic E-state index is 0.181. The lowest BCUT2D eigenvalue weighted by Crippen LogP contribution is -1.83. The van der Waals surface area contributed by atoms with Crippen LogP contribution in [0.5, 0.6) is 17.2 Å². The number of hydrogen-bond donors (Lipinski definition) is 2. The molecule has 108 valence electrons. The molecule has 0 unspecified atom stereocenters. The largest absolute Gasteiger partial charge is 0.508 e. The second-order valence-corrected chi connectivity index (χ2v) is 4.40. The van der Waals surface area contributed by atoms with Crippen LogP contribution in [-0.2, 0) is 6.42 Å². The van der Waals surface area contributed by atoms with Crippen molar-refractivity contribution in [2.24, 2.45) is 0 Å². The fraction of sp³-hybridized carbons (Fsp3) is 0.294. The fourth-order valence-electron chi connectivity index (χ4n) is 1.72. The molecule has 0 fully saturated rings.